The molecular weight excluding hydrogens is 385 g/mol. The van der Waals surface area contributed by atoms with Crippen molar-refractivity contribution in [1.82, 2.24) is 19.4 Å². The molecule has 0 saturated carbocycles. The Kier molecular flexibility index (Phi) is 5.02. The molecule has 144 valence electrons. The van der Waals surface area contributed by atoms with E-state index >= 15 is 0 Å². The summed E-state index contributed by atoms with van der Waals surface area (Å²) in [5.41, 5.74) is 1.30. The predicted octanol–water partition coefficient (Wildman–Crippen LogP) is 2.41. The van der Waals surface area contributed by atoms with Crippen LogP contribution in [0.4, 0.5) is 4.39 Å². The summed E-state index contributed by atoms with van der Waals surface area (Å²) in [6.07, 6.45) is 0. The number of para-hydroxylation sites is 2. The first-order chi connectivity index (χ1) is 13.6. The van der Waals surface area contributed by atoms with Crippen LogP contribution < -0.4 is 16.3 Å². The molecule has 0 bridgehead atoms. The summed E-state index contributed by atoms with van der Waals surface area (Å²) in [5, 5.41) is 8.56. The topological polar surface area (TPSA) is 101 Å². The van der Waals surface area contributed by atoms with Crippen molar-refractivity contribution in [1.29, 1.82) is 0 Å². The van der Waals surface area contributed by atoms with Gasteiger partial charge >= 0.3 is 5.76 Å². The number of hydrogen-bond donors (Lipinski definition) is 1. The lowest BCUT2D eigenvalue weighted by Gasteiger charge is -2.06. The summed E-state index contributed by atoms with van der Waals surface area (Å²) in [6, 6.07) is 12.9. The van der Waals surface area contributed by atoms with Crippen molar-refractivity contribution in [2.45, 2.75) is 18.3 Å². The second-order valence-electron chi connectivity index (χ2n) is 5.85. The van der Waals surface area contributed by atoms with E-state index in [1.165, 1.54) is 40.7 Å². The molecule has 4 rings (SSSR count). The molecule has 0 atom stereocenters. The minimum Gasteiger partial charge on any atom is -0.486 e. The molecule has 0 fully saturated rings. The molecule has 0 saturated heterocycles. The van der Waals surface area contributed by atoms with E-state index in [1.54, 1.807) is 10.6 Å². The summed E-state index contributed by atoms with van der Waals surface area (Å²) < 4.78 is 26.6. The van der Waals surface area contributed by atoms with Crippen LogP contribution >= 0.6 is 11.8 Å². The third kappa shape index (κ3) is 3.72. The molecule has 28 heavy (non-hydrogen) atoms. The van der Waals surface area contributed by atoms with Gasteiger partial charge in [-0.05, 0) is 36.4 Å². The molecule has 0 radical (unpaired) electrons. The van der Waals surface area contributed by atoms with E-state index in [0.717, 1.165) is 5.52 Å². The Morgan fingerprint density at radius 1 is 1.14 bits per heavy atom. The number of nitrogens with two attached hydrogens (primary N) is 1. The Hall–Kier alpha value is -3.27. The highest BCUT2D eigenvalue weighted by molar-refractivity contribution is 7.99. The highest BCUT2D eigenvalue weighted by Gasteiger charge is 2.13. The maximum atomic E-state index is 12.9. The van der Waals surface area contributed by atoms with Gasteiger partial charge in [-0.1, -0.05) is 23.9 Å². The van der Waals surface area contributed by atoms with Gasteiger partial charge in [0.1, 0.15) is 18.2 Å². The van der Waals surface area contributed by atoms with E-state index in [-0.39, 0.29) is 12.4 Å². The monoisotopic (exact) mass is 401 g/mol. The number of ether oxygens (including phenoxy) is 1. The fourth-order valence-electron chi connectivity index (χ4n) is 2.64. The molecule has 0 aliphatic rings. The number of thioether (sulfide) groups is 1. The fraction of sp³-hybridized carbons (Fsp3) is 0.167. The standard InChI is InChI=1S/C18H16FN5O3S/c19-12-5-7-13(8-6-12)26-11-16-21-22-17(24(16)20)28-10-9-23-14-3-1-2-4-15(14)27-18(23)25/h1-8H,9-11,20H2. The Balaban J connectivity index is 1.37. The van der Waals surface area contributed by atoms with Crippen LogP contribution in [-0.4, -0.2) is 25.2 Å². The number of oxazole rings is 1. The van der Waals surface area contributed by atoms with Crippen LogP contribution in [0.3, 0.4) is 0 Å². The average molecular weight is 401 g/mol. The van der Waals surface area contributed by atoms with Gasteiger partial charge in [0.05, 0.1) is 5.52 Å². The molecule has 0 amide bonds. The third-order valence-corrected chi connectivity index (χ3v) is 4.96. The minimum atomic E-state index is -0.399. The number of hydrogen-bond acceptors (Lipinski definition) is 7. The van der Waals surface area contributed by atoms with E-state index in [2.05, 4.69) is 10.2 Å². The molecule has 0 unspecified atom stereocenters. The Bertz CT molecular complexity index is 1150. The predicted molar refractivity (Wildman–Crippen MR) is 102 cm³/mol. The number of benzene rings is 2. The van der Waals surface area contributed by atoms with E-state index in [9.17, 15) is 9.18 Å². The number of aryl methyl sites for hydroxylation is 1. The summed E-state index contributed by atoms with van der Waals surface area (Å²) in [7, 11) is 0. The van der Waals surface area contributed by atoms with Crippen molar-refractivity contribution in [3.05, 3.63) is 70.7 Å². The van der Waals surface area contributed by atoms with E-state index in [4.69, 9.17) is 15.0 Å². The van der Waals surface area contributed by atoms with Gasteiger partial charge in [-0.25, -0.2) is 13.9 Å². The Morgan fingerprint density at radius 3 is 2.75 bits per heavy atom. The lowest BCUT2D eigenvalue weighted by atomic mass is 10.3. The van der Waals surface area contributed by atoms with Gasteiger partial charge < -0.3 is 15.0 Å². The number of halogens is 1. The number of nitrogens with zero attached hydrogens (tertiary/aromatic N) is 4. The second kappa shape index (κ2) is 7.77. The smallest absolute Gasteiger partial charge is 0.419 e. The highest BCUT2D eigenvalue weighted by atomic mass is 32.2. The lowest BCUT2D eigenvalue weighted by molar-refractivity contribution is 0.291. The first-order valence-corrected chi connectivity index (χ1v) is 9.39. The second-order valence-corrected chi connectivity index (χ2v) is 6.91. The number of rotatable bonds is 7. The fourth-order valence-corrected chi connectivity index (χ4v) is 3.44. The molecule has 2 N–H and O–H groups in total. The van der Waals surface area contributed by atoms with Gasteiger partial charge in [0, 0.05) is 12.3 Å². The van der Waals surface area contributed by atoms with Gasteiger partial charge in [-0.2, -0.15) is 0 Å². The lowest BCUT2D eigenvalue weighted by Crippen LogP contribution is -2.17. The Labute approximate surface area is 162 Å². The molecule has 0 spiro atoms. The summed E-state index contributed by atoms with van der Waals surface area (Å²) in [5.74, 6) is 6.77. The summed E-state index contributed by atoms with van der Waals surface area (Å²) in [4.78, 5) is 12.0. The minimum absolute atomic E-state index is 0.0987. The van der Waals surface area contributed by atoms with Gasteiger partial charge in [0.25, 0.3) is 0 Å². The SMILES string of the molecule is Nn1c(COc2ccc(F)cc2)nnc1SCCn1c(=O)oc2ccccc21. The van der Waals surface area contributed by atoms with E-state index < -0.39 is 5.76 Å². The zero-order valence-electron chi connectivity index (χ0n) is 14.6. The molecule has 10 heteroatoms. The van der Waals surface area contributed by atoms with Gasteiger partial charge in [0.15, 0.2) is 11.4 Å². The number of fused-ring (bicyclic) bond motifs is 1. The number of nitrogen functional groups attached to an aromatic ring is 1. The van der Waals surface area contributed by atoms with Crippen molar-refractivity contribution >= 4 is 22.9 Å². The summed E-state index contributed by atoms with van der Waals surface area (Å²) in [6.45, 7) is 0.538. The van der Waals surface area contributed by atoms with Crippen LogP contribution in [0.25, 0.3) is 11.1 Å². The quantitative estimate of drug-likeness (QED) is 0.375. The van der Waals surface area contributed by atoms with E-state index in [1.807, 2.05) is 18.2 Å². The third-order valence-electron chi connectivity index (χ3n) is 4.04. The van der Waals surface area contributed by atoms with Crippen LogP contribution in [0.1, 0.15) is 5.82 Å². The van der Waals surface area contributed by atoms with Crippen molar-refractivity contribution in [2.24, 2.45) is 0 Å². The molecule has 0 aliphatic heterocycles. The van der Waals surface area contributed by atoms with Gasteiger partial charge in [0.2, 0.25) is 5.16 Å². The van der Waals surface area contributed by atoms with Crippen molar-refractivity contribution < 1.29 is 13.5 Å². The van der Waals surface area contributed by atoms with Crippen LogP contribution in [-0.2, 0) is 13.2 Å². The molecule has 4 aromatic rings. The maximum Gasteiger partial charge on any atom is 0.419 e. The molecule has 8 nitrogen and oxygen atoms in total. The van der Waals surface area contributed by atoms with Crippen LogP contribution in [0.15, 0.2) is 62.9 Å². The molecule has 2 aromatic heterocycles. The molecule has 2 heterocycles. The van der Waals surface area contributed by atoms with Crippen molar-refractivity contribution in [3.8, 4) is 5.75 Å². The highest BCUT2D eigenvalue weighted by Crippen LogP contribution is 2.18. The van der Waals surface area contributed by atoms with Crippen molar-refractivity contribution in [3.63, 3.8) is 0 Å². The van der Waals surface area contributed by atoms with Crippen LogP contribution in [0.5, 0.6) is 5.75 Å². The van der Waals surface area contributed by atoms with Crippen LogP contribution in [0.2, 0.25) is 0 Å². The van der Waals surface area contributed by atoms with Crippen molar-refractivity contribution in [2.75, 3.05) is 11.6 Å². The molecule has 2 aromatic carbocycles. The first-order valence-electron chi connectivity index (χ1n) is 8.41. The molecular formula is C18H16FN5O3S. The van der Waals surface area contributed by atoms with Crippen LogP contribution in [0, 0.1) is 5.82 Å². The average Bonchev–Trinajstić information content (AvgIpc) is 3.21. The normalized spacial score (nSPS) is 11.2. The van der Waals surface area contributed by atoms with E-state index in [0.29, 0.717) is 34.6 Å². The molecule has 0 aliphatic carbocycles. The Morgan fingerprint density at radius 2 is 1.93 bits per heavy atom. The van der Waals surface area contributed by atoms with Gasteiger partial charge in [-0.3, -0.25) is 4.57 Å². The largest absolute Gasteiger partial charge is 0.486 e. The number of aromatic nitrogens is 4. The zero-order valence-corrected chi connectivity index (χ0v) is 15.4. The first kappa shape index (κ1) is 18.1. The summed E-state index contributed by atoms with van der Waals surface area (Å²) >= 11 is 1.36. The van der Waals surface area contributed by atoms with Gasteiger partial charge in [-0.15, -0.1) is 10.2 Å². The zero-order chi connectivity index (χ0) is 19.5. The maximum absolute atomic E-state index is 12.9.